The van der Waals surface area contributed by atoms with Crippen molar-refractivity contribution >= 4 is 35.7 Å². The first-order chi connectivity index (χ1) is 16.1. The van der Waals surface area contributed by atoms with Gasteiger partial charge in [-0.2, -0.15) is 0 Å². The summed E-state index contributed by atoms with van der Waals surface area (Å²) in [4.78, 5) is 12.0. The Balaban J connectivity index is 3.71. The zero-order valence-corrected chi connectivity index (χ0v) is 25.1. The minimum Gasteiger partial charge on any atom is -0.691 e. The van der Waals surface area contributed by atoms with E-state index in [0.717, 1.165) is 23.9 Å². The van der Waals surface area contributed by atoms with Crippen molar-refractivity contribution in [3.63, 3.8) is 0 Å². The van der Waals surface area contributed by atoms with Crippen molar-refractivity contribution in [2.24, 2.45) is 0 Å². The highest BCUT2D eigenvalue weighted by Crippen LogP contribution is 2.45. The largest absolute Gasteiger partial charge is 0.691 e. The summed E-state index contributed by atoms with van der Waals surface area (Å²) in [5, 5.41) is 0. The monoisotopic (exact) mass is 541 g/mol. The number of likely N-dealkylation sites (N-methyl/N-ethyl adjacent to an activating group) is 1. The zero-order chi connectivity index (χ0) is 25.7. The number of methoxy groups -OCH3 is 1. The van der Waals surface area contributed by atoms with Gasteiger partial charge in [0.2, 0.25) is 0 Å². The van der Waals surface area contributed by atoms with E-state index in [4.69, 9.17) is 42.6 Å². The van der Waals surface area contributed by atoms with Crippen molar-refractivity contribution in [2.75, 3.05) is 54.6 Å². The first kappa shape index (κ1) is 34.3. The molecule has 6 nitrogen and oxygen atoms in total. The number of carbonyl (C=O) groups is 1. The minimum atomic E-state index is -2.75. The highest BCUT2D eigenvalue weighted by molar-refractivity contribution is 8.51. The van der Waals surface area contributed by atoms with E-state index in [1.807, 2.05) is 0 Å². The van der Waals surface area contributed by atoms with Gasteiger partial charge in [-0.05, 0) is 6.42 Å². The maximum atomic E-state index is 12.0. The quantitative estimate of drug-likeness (QED) is 0.0452. The van der Waals surface area contributed by atoms with Crippen molar-refractivity contribution in [1.82, 2.24) is 0 Å². The van der Waals surface area contributed by atoms with Crippen molar-refractivity contribution in [3.05, 3.63) is 0 Å². The van der Waals surface area contributed by atoms with Crippen LogP contribution in [-0.4, -0.2) is 71.2 Å². The lowest BCUT2D eigenvalue weighted by Crippen LogP contribution is -2.37. The van der Waals surface area contributed by atoms with E-state index in [1.165, 1.54) is 70.6 Å². The molecule has 0 aliphatic carbocycles. The third-order valence-electron chi connectivity index (χ3n) is 5.68. The zero-order valence-electron chi connectivity index (χ0n) is 22.6. The van der Waals surface area contributed by atoms with Crippen LogP contribution in [0.3, 0.4) is 0 Å². The van der Waals surface area contributed by atoms with E-state index in [0.29, 0.717) is 13.0 Å². The number of ether oxygens (including phenoxy) is 2. The SMILES string of the molecule is CCCCCCCCCCCCCCCC(=O)OCC(COP(=S)([S-])OCC[N+](C)(C)C)OC. The second-order valence-corrected chi connectivity index (χ2v) is 15.1. The Hall–Kier alpha value is 0.310. The predicted octanol–water partition coefficient (Wildman–Crippen LogP) is 6.54. The number of carbonyl (C=O) groups excluding carboxylic acids is 1. The van der Waals surface area contributed by atoms with Crippen LogP contribution in [0.5, 0.6) is 0 Å². The van der Waals surface area contributed by atoms with Crippen LogP contribution in [0.4, 0.5) is 0 Å². The number of esters is 1. The molecule has 34 heavy (non-hydrogen) atoms. The van der Waals surface area contributed by atoms with Crippen LogP contribution in [-0.2, 0) is 47.4 Å². The van der Waals surface area contributed by atoms with Crippen LogP contribution in [0.25, 0.3) is 0 Å². The summed E-state index contributed by atoms with van der Waals surface area (Å²) in [5.41, 5.74) is -2.75. The van der Waals surface area contributed by atoms with E-state index in [1.54, 1.807) is 7.11 Å². The highest BCUT2D eigenvalue weighted by atomic mass is 32.9. The van der Waals surface area contributed by atoms with Crippen molar-refractivity contribution in [1.29, 1.82) is 0 Å². The molecular weight excluding hydrogens is 489 g/mol. The molecule has 0 heterocycles. The molecule has 0 aliphatic rings. The molecule has 0 rings (SSSR count). The highest BCUT2D eigenvalue weighted by Gasteiger charge is 2.15. The second kappa shape index (κ2) is 21.4. The molecule has 0 aliphatic heterocycles. The minimum absolute atomic E-state index is 0.136. The fourth-order valence-electron chi connectivity index (χ4n) is 3.37. The summed E-state index contributed by atoms with van der Waals surface area (Å²) in [6, 6.07) is 0. The molecule has 0 aromatic carbocycles. The van der Waals surface area contributed by atoms with Crippen LogP contribution in [0.15, 0.2) is 0 Å². The van der Waals surface area contributed by atoms with Gasteiger partial charge in [0, 0.05) is 13.5 Å². The van der Waals surface area contributed by atoms with E-state index in [-0.39, 0.29) is 19.2 Å². The van der Waals surface area contributed by atoms with E-state index in [9.17, 15) is 4.79 Å². The normalized spacial score (nSPS) is 14.6. The molecule has 0 N–H and O–H groups in total. The van der Waals surface area contributed by atoms with Gasteiger partial charge >= 0.3 is 5.97 Å². The number of rotatable bonds is 24. The van der Waals surface area contributed by atoms with Crippen molar-refractivity contribution in [3.8, 4) is 0 Å². The van der Waals surface area contributed by atoms with Gasteiger partial charge in [-0.3, -0.25) is 4.79 Å². The van der Waals surface area contributed by atoms with Gasteiger partial charge in [0.1, 0.15) is 25.9 Å². The van der Waals surface area contributed by atoms with E-state index in [2.05, 4.69) is 28.1 Å². The van der Waals surface area contributed by atoms with Crippen LogP contribution >= 0.6 is 5.69 Å². The Morgan fingerprint density at radius 3 is 1.82 bits per heavy atom. The lowest BCUT2D eigenvalue weighted by Gasteiger charge is -2.31. The standard InChI is InChI=1S/C25H52NO5PS2/c1-6-7-8-9-10-11-12-13-14-15-16-17-18-19-25(27)29-22-24(28-5)23-31-32(33,34)30-21-20-26(2,3)4/h24H,6-23H2,1-5H3. The second-order valence-electron chi connectivity index (χ2n) is 10.1. The molecule has 0 aromatic rings. The lowest BCUT2D eigenvalue weighted by molar-refractivity contribution is -0.870. The summed E-state index contributed by atoms with van der Waals surface area (Å²) in [7, 11) is 7.78. The molecule has 9 heteroatoms. The Morgan fingerprint density at radius 2 is 1.35 bits per heavy atom. The Bertz CT molecular complexity index is 546. The number of hydrogen-bond donors (Lipinski definition) is 0. The first-order valence-electron chi connectivity index (χ1n) is 13.2. The maximum Gasteiger partial charge on any atom is 0.305 e. The smallest absolute Gasteiger partial charge is 0.305 e. The molecule has 0 aromatic heterocycles. The van der Waals surface area contributed by atoms with Crippen LogP contribution < -0.4 is 0 Å². The average molecular weight is 542 g/mol. The molecule has 204 valence electrons. The predicted molar refractivity (Wildman–Crippen MR) is 149 cm³/mol. The van der Waals surface area contributed by atoms with Crippen LogP contribution in [0.1, 0.15) is 96.8 Å². The van der Waals surface area contributed by atoms with Gasteiger partial charge in [-0.25, -0.2) is 0 Å². The topological polar surface area (TPSA) is 54.0 Å². The molecule has 2 unspecified atom stereocenters. The Kier molecular flexibility index (Phi) is 21.6. The van der Waals surface area contributed by atoms with Gasteiger partial charge < -0.3 is 35.3 Å². The summed E-state index contributed by atoms with van der Waals surface area (Å²) in [6.45, 7) is 3.81. The maximum absolute atomic E-state index is 12.0. The number of nitrogens with zero attached hydrogens (tertiary/aromatic N) is 1. The molecule has 0 fully saturated rings. The van der Waals surface area contributed by atoms with Gasteiger partial charge in [0.25, 0.3) is 0 Å². The van der Waals surface area contributed by atoms with Gasteiger partial charge in [0.15, 0.2) is 0 Å². The lowest BCUT2D eigenvalue weighted by atomic mass is 10.0. The Labute approximate surface area is 220 Å². The Morgan fingerprint density at radius 1 is 0.853 bits per heavy atom. The molecular formula is C25H52NO5PS2. The van der Waals surface area contributed by atoms with Crippen LogP contribution in [0, 0.1) is 0 Å². The molecule has 0 amide bonds. The van der Waals surface area contributed by atoms with E-state index < -0.39 is 11.8 Å². The number of hydrogen-bond acceptors (Lipinski definition) is 7. The molecule has 0 bridgehead atoms. The van der Waals surface area contributed by atoms with Gasteiger partial charge in [-0.1, -0.05) is 95.8 Å². The number of unbranched alkanes of at least 4 members (excludes halogenated alkanes) is 12. The fraction of sp³-hybridized carbons (Fsp3) is 0.960. The summed E-state index contributed by atoms with van der Waals surface area (Å²) in [6.07, 6.45) is 16.7. The summed E-state index contributed by atoms with van der Waals surface area (Å²) in [5.74, 6) is -0.192. The molecule has 2 atom stereocenters. The number of quaternary nitrogens is 1. The third-order valence-corrected chi connectivity index (χ3v) is 7.91. The molecule has 0 radical (unpaired) electrons. The van der Waals surface area contributed by atoms with Crippen molar-refractivity contribution < 1.29 is 27.8 Å². The average Bonchev–Trinajstić information content (AvgIpc) is 2.76. The van der Waals surface area contributed by atoms with E-state index >= 15 is 0 Å². The summed E-state index contributed by atoms with van der Waals surface area (Å²) < 4.78 is 22.7. The fourth-order valence-corrected chi connectivity index (χ4v) is 4.91. The third kappa shape index (κ3) is 24.0. The van der Waals surface area contributed by atoms with Crippen LogP contribution in [0.2, 0.25) is 0 Å². The first-order valence-corrected chi connectivity index (χ1v) is 16.8. The van der Waals surface area contributed by atoms with Gasteiger partial charge in [-0.15, -0.1) is 0 Å². The summed E-state index contributed by atoms with van der Waals surface area (Å²) >= 11 is 10.6. The van der Waals surface area contributed by atoms with Gasteiger partial charge in [0.05, 0.1) is 33.4 Å². The van der Waals surface area contributed by atoms with Crippen molar-refractivity contribution in [2.45, 2.75) is 103 Å². The molecule has 0 saturated carbocycles. The molecule has 0 spiro atoms. The molecule has 0 saturated heterocycles.